The van der Waals surface area contributed by atoms with Crippen LogP contribution in [0, 0.1) is 26.2 Å². The third-order valence-electron chi connectivity index (χ3n) is 6.46. The van der Waals surface area contributed by atoms with E-state index >= 15 is 0 Å². The van der Waals surface area contributed by atoms with Gasteiger partial charge in [0.2, 0.25) is 5.91 Å². The van der Waals surface area contributed by atoms with Gasteiger partial charge in [0.15, 0.2) is 5.78 Å². The number of H-pyrrole nitrogens is 1. The topological polar surface area (TPSA) is 91.1 Å². The lowest BCUT2D eigenvalue weighted by atomic mass is 9.75. The van der Waals surface area contributed by atoms with Gasteiger partial charge in [-0.15, -0.1) is 0 Å². The summed E-state index contributed by atoms with van der Waals surface area (Å²) >= 11 is 0. The summed E-state index contributed by atoms with van der Waals surface area (Å²) < 4.78 is 0. The Bertz CT molecular complexity index is 1050. The summed E-state index contributed by atoms with van der Waals surface area (Å²) in [5.74, 6) is -0.509. The zero-order chi connectivity index (χ0) is 23.6. The predicted molar refractivity (Wildman–Crippen MR) is 127 cm³/mol. The van der Waals surface area contributed by atoms with Crippen LogP contribution in [0.2, 0.25) is 0 Å². The molecule has 1 aromatic heterocycles. The number of carbonyl (C=O) groups is 3. The highest BCUT2D eigenvalue weighted by molar-refractivity contribution is 6.06. The Morgan fingerprint density at radius 1 is 1.12 bits per heavy atom. The smallest absolute Gasteiger partial charge is 0.268 e. The van der Waals surface area contributed by atoms with Gasteiger partial charge in [-0.3, -0.25) is 14.4 Å². The third-order valence-corrected chi connectivity index (χ3v) is 6.46. The minimum Gasteiger partial charge on any atom is -0.354 e. The fourth-order valence-electron chi connectivity index (χ4n) is 4.47. The van der Waals surface area contributed by atoms with Gasteiger partial charge in [-0.05, 0) is 61.8 Å². The number of Topliss-reactive ketones (excluding diaryl/α,β-unsaturated/α-hetero) is 1. The number of rotatable bonds is 7. The molecule has 2 amide bonds. The van der Waals surface area contributed by atoms with Crippen LogP contribution in [-0.2, 0) is 11.2 Å². The lowest BCUT2D eigenvalue weighted by molar-refractivity contribution is -0.118. The van der Waals surface area contributed by atoms with E-state index in [1.54, 1.807) is 6.92 Å². The minimum atomic E-state index is -0.658. The van der Waals surface area contributed by atoms with Crippen molar-refractivity contribution in [1.29, 1.82) is 0 Å². The maximum absolute atomic E-state index is 13.2. The fraction of sp³-hybridized carbons (Fsp3) is 0.500. The van der Waals surface area contributed by atoms with E-state index in [2.05, 4.69) is 36.4 Å². The van der Waals surface area contributed by atoms with Gasteiger partial charge in [0.1, 0.15) is 11.7 Å². The van der Waals surface area contributed by atoms with Crippen molar-refractivity contribution in [2.75, 3.05) is 5.32 Å². The zero-order valence-corrected chi connectivity index (χ0v) is 20.1. The molecule has 3 N–H and O–H groups in total. The van der Waals surface area contributed by atoms with Crippen molar-refractivity contribution in [3.8, 4) is 0 Å². The molecule has 0 saturated carbocycles. The van der Waals surface area contributed by atoms with E-state index < -0.39 is 6.04 Å². The van der Waals surface area contributed by atoms with Gasteiger partial charge in [0.05, 0.1) is 0 Å². The second-order valence-electron chi connectivity index (χ2n) is 9.82. The Morgan fingerprint density at radius 3 is 2.53 bits per heavy atom. The summed E-state index contributed by atoms with van der Waals surface area (Å²) in [7, 11) is 0. The molecular weight excluding hydrogens is 402 g/mol. The summed E-state index contributed by atoms with van der Waals surface area (Å²) in [6.45, 7) is 11.9. The second-order valence-corrected chi connectivity index (χ2v) is 9.82. The number of aromatic amines is 1. The lowest BCUT2D eigenvalue weighted by Gasteiger charge is -2.28. The van der Waals surface area contributed by atoms with Gasteiger partial charge in [-0.1, -0.05) is 45.7 Å². The van der Waals surface area contributed by atoms with Crippen molar-refractivity contribution in [2.24, 2.45) is 5.41 Å². The van der Waals surface area contributed by atoms with Crippen LogP contribution >= 0.6 is 0 Å². The van der Waals surface area contributed by atoms with E-state index in [0.29, 0.717) is 36.1 Å². The molecule has 6 nitrogen and oxygen atoms in total. The van der Waals surface area contributed by atoms with Crippen molar-refractivity contribution in [1.82, 2.24) is 10.3 Å². The van der Waals surface area contributed by atoms with E-state index in [1.165, 1.54) is 0 Å². The SMILES string of the molecule is CCCCC(NC(=O)c1[nH]c2c(c1C)C(=O)CC(C)(C)C2)C(=O)Nc1cccc(C)c1C. The first kappa shape index (κ1) is 23.8. The van der Waals surface area contributed by atoms with Crippen LogP contribution in [0.3, 0.4) is 0 Å². The molecule has 2 aromatic rings. The number of fused-ring (bicyclic) bond motifs is 1. The fourth-order valence-corrected chi connectivity index (χ4v) is 4.47. The highest BCUT2D eigenvalue weighted by Gasteiger charge is 2.35. The average molecular weight is 438 g/mol. The molecule has 6 heteroatoms. The van der Waals surface area contributed by atoms with Crippen molar-refractivity contribution in [3.05, 3.63) is 51.8 Å². The molecule has 3 rings (SSSR count). The summed E-state index contributed by atoms with van der Waals surface area (Å²) in [6, 6.07) is 5.12. The predicted octanol–water partition coefficient (Wildman–Crippen LogP) is 5.02. The number of amides is 2. The number of benzene rings is 1. The maximum atomic E-state index is 13.2. The largest absolute Gasteiger partial charge is 0.354 e. The summed E-state index contributed by atoms with van der Waals surface area (Å²) in [5, 5.41) is 5.89. The van der Waals surface area contributed by atoms with E-state index in [0.717, 1.165) is 35.3 Å². The Labute approximate surface area is 190 Å². The standard InChI is InChI=1S/C26H35N3O3/c1-7-8-11-19(24(31)28-18-12-9-10-15(2)16(18)3)29-25(32)23-17(4)22-20(27-23)13-26(5,6)14-21(22)30/h9-10,12,19,27H,7-8,11,13-14H2,1-6H3,(H,28,31)(H,29,32). The third kappa shape index (κ3) is 4.95. The van der Waals surface area contributed by atoms with Gasteiger partial charge in [0.25, 0.3) is 5.91 Å². The molecule has 172 valence electrons. The first-order chi connectivity index (χ1) is 15.0. The number of carbonyl (C=O) groups excluding carboxylic acids is 3. The number of unbranched alkanes of at least 4 members (excludes halogenated alkanes) is 1. The highest BCUT2D eigenvalue weighted by atomic mass is 16.2. The van der Waals surface area contributed by atoms with E-state index in [-0.39, 0.29) is 23.0 Å². The van der Waals surface area contributed by atoms with Crippen molar-refractivity contribution in [2.45, 2.75) is 79.7 Å². The number of ketones is 1. The Balaban J connectivity index is 1.82. The summed E-state index contributed by atoms with van der Waals surface area (Å²) in [5.41, 5.74) is 5.23. The normalized spacial score (nSPS) is 15.8. The molecule has 1 unspecified atom stereocenters. The molecule has 1 atom stereocenters. The van der Waals surface area contributed by atoms with Crippen LogP contribution in [0.25, 0.3) is 0 Å². The van der Waals surface area contributed by atoms with E-state index in [1.807, 2.05) is 32.0 Å². The first-order valence-corrected chi connectivity index (χ1v) is 11.5. The summed E-state index contributed by atoms with van der Waals surface area (Å²) in [6.07, 6.45) is 3.47. The van der Waals surface area contributed by atoms with Gasteiger partial charge in [0, 0.05) is 23.4 Å². The number of hydrogen-bond donors (Lipinski definition) is 3. The molecule has 1 heterocycles. The molecule has 0 saturated heterocycles. The molecule has 1 aliphatic carbocycles. The number of nitrogens with one attached hydrogen (secondary N) is 3. The Hall–Kier alpha value is -2.89. The molecule has 0 spiro atoms. The number of hydrogen-bond acceptors (Lipinski definition) is 3. The molecular formula is C26H35N3O3. The molecule has 1 aromatic carbocycles. The lowest BCUT2D eigenvalue weighted by Crippen LogP contribution is -2.44. The Morgan fingerprint density at radius 2 is 1.84 bits per heavy atom. The van der Waals surface area contributed by atoms with Gasteiger partial charge in [-0.2, -0.15) is 0 Å². The van der Waals surface area contributed by atoms with Gasteiger partial charge < -0.3 is 15.6 Å². The molecule has 32 heavy (non-hydrogen) atoms. The zero-order valence-electron chi connectivity index (χ0n) is 20.1. The van der Waals surface area contributed by atoms with Gasteiger partial charge >= 0.3 is 0 Å². The molecule has 0 bridgehead atoms. The van der Waals surface area contributed by atoms with Crippen molar-refractivity contribution < 1.29 is 14.4 Å². The first-order valence-electron chi connectivity index (χ1n) is 11.5. The van der Waals surface area contributed by atoms with Crippen molar-refractivity contribution in [3.63, 3.8) is 0 Å². The van der Waals surface area contributed by atoms with Crippen LogP contribution < -0.4 is 10.6 Å². The van der Waals surface area contributed by atoms with Crippen LogP contribution in [0.5, 0.6) is 0 Å². The Kier molecular flexibility index (Phi) is 6.91. The van der Waals surface area contributed by atoms with Crippen LogP contribution in [-0.4, -0.2) is 28.6 Å². The molecule has 1 aliphatic rings. The van der Waals surface area contributed by atoms with Crippen LogP contribution in [0.1, 0.15) is 89.7 Å². The molecule has 0 aliphatic heterocycles. The monoisotopic (exact) mass is 437 g/mol. The second kappa shape index (κ2) is 9.31. The minimum absolute atomic E-state index is 0.0687. The van der Waals surface area contributed by atoms with Crippen LogP contribution in [0.4, 0.5) is 5.69 Å². The van der Waals surface area contributed by atoms with E-state index in [4.69, 9.17) is 0 Å². The number of anilines is 1. The summed E-state index contributed by atoms with van der Waals surface area (Å²) in [4.78, 5) is 42.1. The maximum Gasteiger partial charge on any atom is 0.268 e. The molecule has 0 fully saturated rings. The quantitative estimate of drug-likeness (QED) is 0.568. The highest BCUT2D eigenvalue weighted by Crippen LogP contribution is 2.36. The van der Waals surface area contributed by atoms with Gasteiger partial charge in [-0.25, -0.2) is 0 Å². The average Bonchev–Trinajstić information content (AvgIpc) is 3.03. The van der Waals surface area contributed by atoms with Crippen molar-refractivity contribution >= 4 is 23.3 Å². The number of aryl methyl sites for hydroxylation is 1. The van der Waals surface area contributed by atoms with Crippen LogP contribution in [0.15, 0.2) is 18.2 Å². The molecule has 0 radical (unpaired) electrons. The number of aromatic nitrogens is 1. The van der Waals surface area contributed by atoms with E-state index in [9.17, 15) is 14.4 Å².